The molecule has 1 aromatic carbocycles. The molecule has 0 saturated heterocycles. The molecule has 0 heterocycles. The quantitative estimate of drug-likeness (QED) is 0.324. The zero-order valence-electron chi connectivity index (χ0n) is 21.1. The maximum atomic E-state index is 13.7. The Morgan fingerprint density at radius 1 is 1.12 bits per heavy atom. The van der Waals surface area contributed by atoms with Crippen LogP contribution in [0.25, 0.3) is 0 Å². The third-order valence-corrected chi connectivity index (χ3v) is 5.17. The Labute approximate surface area is 204 Å². The normalized spacial score (nSPS) is 13.2. The van der Waals surface area contributed by atoms with E-state index in [1.807, 2.05) is 45.0 Å². The molecule has 0 spiro atoms. The zero-order chi connectivity index (χ0) is 25.2. The second kappa shape index (κ2) is 13.5. The average molecular weight is 480 g/mol. The Morgan fingerprint density at radius 2 is 1.79 bits per heavy atom. The summed E-state index contributed by atoms with van der Waals surface area (Å²) in [5.41, 5.74) is 1.03. The Morgan fingerprint density at radius 3 is 2.30 bits per heavy atom. The predicted octanol–water partition coefficient (Wildman–Crippen LogP) is 4.40. The van der Waals surface area contributed by atoms with Gasteiger partial charge < -0.3 is 20.3 Å². The van der Waals surface area contributed by atoms with Crippen molar-refractivity contribution in [3.63, 3.8) is 0 Å². The molecule has 0 aliphatic carbocycles. The van der Waals surface area contributed by atoms with Crippen LogP contribution in [0.2, 0.25) is 0 Å². The lowest BCUT2D eigenvalue weighted by molar-refractivity contribution is -0.142. The van der Waals surface area contributed by atoms with Crippen molar-refractivity contribution in [2.24, 2.45) is 0 Å². The molecule has 2 N–H and O–H groups in total. The van der Waals surface area contributed by atoms with E-state index >= 15 is 0 Å². The van der Waals surface area contributed by atoms with Crippen LogP contribution in [0.4, 0.5) is 4.79 Å². The summed E-state index contributed by atoms with van der Waals surface area (Å²) in [6, 6.07) is 5.77. The number of ether oxygens (including phenoxy) is 1. The number of nitrogens with zero attached hydrogens (tertiary/aromatic N) is 1. The number of carbonyl (C=O) groups is 3. The zero-order valence-corrected chi connectivity index (χ0v) is 22.0. The molecule has 33 heavy (non-hydrogen) atoms. The van der Waals surface area contributed by atoms with Gasteiger partial charge >= 0.3 is 6.09 Å². The van der Waals surface area contributed by atoms with Crippen LogP contribution >= 0.6 is 12.6 Å². The smallest absolute Gasteiger partial charge is 0.408 e. The van der Waals surface area contributed by atoms with Crippen molar-refractivity contribution < 1.29 is 19.1 Å². The van der Waals surface area contributed by atoms with Gasteiger partial charge in [0.25, 0.3) is 0 Å². The molecule has 0 aliphatic rings. The molecule has 0 radical (unpaired) electrons. The minimum atomic E-state index is -0.927. The molecular weight excluding hydrogens is 438 g/mol. The van der Waals surface area contributed by atoms with Crippen LogP contribution in [0.3, 0.4) is 0 Å². The van der Waals surface area contributed by atoms with Crippen molar-refractivity contribution >= 4 is 30.5 Å². The van der Waals surface area contributed by atoms with E-state index in [-0.39, 0.29) is 23.6 Å². The van der Waals surface area contributed by atoms with Gasteiger partial charge in [0.2, 0.25) is 11.8 Å². The summed E-state index contributed by atoms with van der Waals surface area (Å²) in [7, 11) is 0. The fraction of sp³-hybridized carbons (Fsp3) is 0.640. The number of unbranched alkanes of at least 4 members (excludes halogenated alkanes) is 2. The van der Waals surface area contributed by atoms with Gasteiger partial charge in [-0.15, -0.1) is 0 Å². The fourth-order valence-corrected chi connectivity index (χ4v) is 3.66. The van der Waals surface area contributed by atoms with E-state index in [1.54, 1.807) is 25.7 Å². The van der Waals surface area contributed by atoms with E-state index in [2.05, 4.69) is 30.2 Å². The number of hydrogen-bond acceptors (Lipinski definition) is 5. The second-order valence-electron chi connectivity index (χ2n) is 9.60. The SMILES string of the molecule is CCCCCN(C(=O)C(CS)NC(=O)OC(C)(C)C)C(C(=O)NC(C)C)c1cccc(C)c1. The monoisotopic (exact) mass is 479 g/mol. The Kier molecular flexibility index (Phi) is 11.8. The molecular formula is C25H41N3O4S. The van der Waals surface area contributed by atoms with Gasteiger partial charge in [0, 0.05) is 18.3 Å². The minimum absolute atomic E-state index is 0.0781. The van der Waals surface area contributed by atoms with Gasteiger partial charge in [-0.2, -0.15) is 12.6 Å². The van der Waals surface area contributed by atoms with Crippen molar-refractivity contribution in [1.29, 1.82) is 0 Å². The van der Waals surface area contributed by atoms with Crippen LogP contribution in [0.5, 0.6) is 0 Å². The lowest BCUT2D eigenvalue weighted by Crippen LogP contribution is -2.54. The van der Waals surface area contributed by atoms with Crippen LogP contribution in [0.15, 0.2) is 24.3 Å². The lowest BCUT2D eigenvalue weighted by atomic mass is 10.00. The minimum Gasteiger partial charge on any atom is -0.444 e. The molecule has 186 valence electrons. The van der Waals surface area contributed by atoms with E-state index in [9.17, 15) is 14.4 Å². The summed E-state index contributed by atoms with van der Waals surface area (Å²) >= 11 is 4.31. The number of benzene rings is 1. The van der Waals surface area contributed by atoms with Gasteiger partial charge in [-0.1, -0.05) is 49.6 Å². The highest BCUT2D eigenvalue weighted by Crippen LogP contribution is 2.25. The van der Waals surface area contributed by atoms with Crippen molar-refractivity contribution in [3.8, 4) is 0 Å². The van der Waals surface area contributed by atoms with Crippen LogP contribution < -0.4 is 10.6 Å². The van der Waals surface area contributed by atoms with Gasteiger partial charge in [-0.3, -0.25) is 9.59 Å². The highest BCUT2D eigenvalue weighted by Gasteiger charge is 2.35. The van der Waals surface area contributed by atoms with Crippen LogP contribution in [-0.4, -0.2) is 52.8 Å². The molecule has 2 unspecified atom stereocenters. The number of nitrogens with one attached hydrogen (secondary N) is 2. The number of rotatable bonds is 11. The number of aryl methyl sites for hydroxylation is 1. The molecule has 1 aromatic rings. The largest absolute Gasteiger partial charge is 0.444 e. The Bertz CT molecular complexity index is 792. The predicted molar refractivity (Wildman–Crippen MR) is 135 cm³/mol. The van der Waals surface area contributed by atoms with Gasteiger partial charge in [0.15, 0.2) is 0 Å². The first kappa shape index (κ1) is 28.8. The fourth-order valence-electron chi connectivity index (χ4n) is 3.41. The summed E-state index contributed by atoms with van der Waals surface area (Å²) in [5, 5.41) is 5.58. The maximum Gasteiger partial charge on any atom is 0.408 e. The molecule has 2 atom stereocenters. The van der Waals surface area contributed by atoms with Crippen LogP contribution in [-0.2, 0) is 14.3 Å². The molecule has 8 heteroatoms. The number of carbonyl (C=O) groups excluding carboxylic acids is 3. The van der Waals surface area contributed by atoms with Gasteiger partial charge in [0.1, 0.15) is 17.7 Å². The van der Waals surface area contributed by atoms with E-state index in [4.69, 9.17) is 4.74 Å². The molecule has 0 aliphatic heterocycles. The Hall–Kier alpha value is -2.22. The number of hydrogen-bond donors (Lipinski definition) is 3. The van der Waals surface area contributed by atoms with Crippen LogP contribution in [0.1, 0.15) is 78.0 Å². The van der Waals surface area contributed by atoms with Gasteiger partial charge in [-0.05, 0) is 53.5 Å². The standard InChI is InChI=1S/C25H41N3O4S/c1-8-9-10-14-28(23(30)20(16-33)27-24(31)32-25(5,6)7)21(22(29)26-17(2)3)19-13-11-12-18(4)15-19/h11-13,15,17,20-21,33H,8-10,14,16H2,1-7H3,(H,26,29)(H,27,31). The highest BCUT2D eigenvalue weighted by molar-refractivity contribution is 7.80. The maximum absolute atomic E-state index is 13.7. The summed E-state index contributed by atoms with van der Waals surface area (Å²) in [5.74, 6) is -0.540. The van der Waals surface area contributed by atoms with Crippen molar-refractivity contribution in [2.75, 3.05) is 12.3 Å². The van der Waals surface area contributed by atoms with E-state index < -0.39 is 23.8 Å². The summed E-state index contributed by atoms with van der Waals surface area (Å²) in [4.78, 5) is 40.9. The molecule has 0 bridgehead atoms. The van der Waals surface area contributed by atoms with Crippen molar-refractivity contribution in [1.82, 2.24) is 15.5 Å². The van der Waals surface area contributed by atoms with E-state index in [0.29, 0.717) is 6.54 Å². The number of amides is 3. The van der Waals surface area contributed by atoms with Crippen molar-refractivity contribution in [3.05, 3.63) is 35.4 Å². The Balaban J connectivity index is 3.35. The topological polar surface area (TPSA) is 87.7 Å². The average Bonchev–Trinajstić information content (AvgIpc) is 2.69. The summed E-state index contributed by atoms with van der Waals surface area (Å²) < 4.78 is 5.33. The molecule has 3 amide bonds. The van der Waals surface area contributed by atoms with E-state index in [0.717, 1.165) is 30.4 Å². The number of thiol groups is 1. The van der Waals surface area contributed by atoms with Crippen molar-refractivity contribution in [2.45, 2.75) is 91.5 Å². The van der Waals surface area contributed by atoms with Gasteiger partial charge in [0.05, 0.1) is 0 Å². The molecule has 0 aromatic heterocycles. The highest BCUT2D eigenvalue weighted by atomic mass is 32.1. The summed E-state index contributed by atoms with van der Waals surface area (Å²) in [6.07, 6.45) is 1.94. The summed E-state index contributed by atoms with van der Waals surface area (Å²) in [6.45, 7) is 13.4. The third-order valence-electron chi connectivity index (χ3n) is 4.81. The van der Waals surface area contributed by atoms with E-state index in [1.165, 1.54) is 0 Å². The first-order valence-electron chi connectivity index (χ1n) is 11.7. The molecule has 1 rings (SSSR count). The first-order chi connectivity index (χ1) is 15.4. The number of alkyl carbamates (subject to hydrolysis) is 1. The van der Waals surface area contributed by atoms with Crippen LogP contribution in [0, 0.1) is 6.92 Å². The molecule has 0 fully saturated rings. The van der Waals surface area contributed by atoms with Gasteiger partial charge in [-0.25, -0.2) is 4.79 Å². The second-order valence-corrected chi connectivity index (χ2v) is 9.97. The lowest BCUT2D eigenvalue weighted by Gasteiger charge is -2.34. The molecule has 0 saturated carbocycles. The molecule has 7 nitrogen and oxygen atoms in total. The third kappa shape index (κ3) is 10.1. The first-order valence-corrected chi connectivity index (χ1v) is 12.3.